The molecule has 0 aliphatic rings. The van der Waals surface area contributed by atoms with E-state index >= 15 is 0 Å². The maximum Gasteiger partial charge on any atom is 0.501 e. The highest BCUT2D eigenvalue weighted by Gasteiger charge is 2.46. The number of amides is 1. The molecule has 0 atom stereocenters. The van der Waals surface area contributed by atoms with Crippen molar-refractivity contribution in [3.63, 3.8) is 0 Å². The lowest BCUT2D eigenvalue weighted by atomic mass is 10.2. The quantitative estimate of drug-likeness (QED) is 0.359. The van der Waals surface area contributed by atoms with Crippen LogP contribution in [0.15, 0.2) is 76.6 Å². The normalized spacial score (nSPS) is 11.9. The first-order chi connectivity index (χ1) is 17.8. The first kappa shape index (κ1) is 26.9. The molecule has 0 saturated carbocycles. The van der Waals surface area contributed by atoms with Crippen LogP contribution in [0.2, 0.25) is 5.02 Å². The Labute approximate surface area is 218 Å². The number of hydrogen-bond donors (Lipinski definition) is 2. The number of imidazole rings is 1. The van der Waals surface area contributed by atoms with Gasteiger partial charge in [-0.1, -0.05) is 23.7 Å². The number of sulfone groups is 1. The molecule has 2 heterocycles. The number of alkyl halides is 3. The zero-order valence-corrected chi connectivity index (χ0v) is 21.0. The highest BCUT2D eigenvalue weighted by molar-refractivity contribution is 7.92. The van der Waals surface area contributed by atoms with Crippen molar-refractivity contribution in [2.24, 2.45) is 0 Å². The van der Waals surface area contributed by atoms with E-state index in [1.165, 1.54) is 23.8 Å². The molecule has 0 bridgehead atoms. The standard InChI is InChI=1S/C24H18ClF3N4O5S/c1-14-22(34)32(16-6-8-17(9-7-16)38(36,37)24(26,27)28)23(35)31(14)13-15-10-11-29-20(12-15)30-21(33)18-4-2-3-5-19(18)25/h2-12,34H,13H2,1H3,(H,29,30,33). The van der Waals surface area contributed by atoms with E-state index in [0.717, 1.165) is 16.7 Å². The predicted molar refractivity (Wildman–Crippen MR) is 132 cm³/mol. The van der Waals surface area contributed by atoms with Crippen LogP contribution in [0.1, 0.15) is 21.6 Å². The van der Waals surface area contributed by atoms with Gasteiger partial charge in [0.2, 0.25) is 5.88 Å². The highest BCUT2D eigenvalue weighted by atomic mass is 35.5. The number of pyridine rings is 1. The zero-order chi connectivity index (χ0) is 27.8. The predicted octanol–water partition coefficient (Wildman–Crippen LogP) is 4.30. The van der Waals surface area contributed by atoms with Gasteiger partial charge in [0.05, 0.1) is 33.4 Å². The lowest BCUT2D eigenvalue weighted by Crippen LogP contribution is -2.25. The van der Waals surface area contributed by atoms with Crippen LogP contribution in [-0.2, 0) is 16.4 Å². The van der Waals surface area contributed by atoms with Crippen molar-refractivity contribution in [1.29, 1.82) is 0 Å². The summed E-state index contributed by atoms with van der Waals surface area (Å²) in [7, 11) is -5.57. The minimum atomic E-state index is -5.57. The number of hydrogen-bond acceptors (Lipinski definition) is 6. The van der Waals surface area contributed by atoms with Gasteiger partial charge in [0.1, 0.15) is 5.82 Å². The second-order valence-corrected chi connectivity index (χ2v) is 10.4. The summed E-state index contributed by atoms with van der Waals surface area (Å²) in [6, 6.07) is 12.9. The minimum absolute atomic E-state index is 0.0436. The Morgan fingerprint density at radius 3 is 2.39 bits per heavy atom. The summed E-state index contributed by atoms with van der Waals surface area (Å²) in [5.41, 5.74) is -5.35. The van der Waals surface area contributed by atoms with Gasteiger partial charge in [-0.3, -0.25) is 9.36 Å². The van der Waals surface area contributed by atoms with Gasteiger partial charge < -0.3 is 10.4 Å². The topological polar surface area (TPSA) is 123 Å². The molecule has 0 spiro atoms. The average Bonchev–Trinajstić information content (AvgIpc) is 3.07. The summed E-state index contributed by atoms with van der Waals surface area (Å²) in [6.45, 7) is 1.40. The van der Waals surface area contributed by atoms with Crippen LogP contribution in [0.4, 0.5) is 19.0 Å². The van der Waals surface area contributed by atoms with Crippen molar-refractivity contribution in [2.75, 3.05) is 5.32 Å². The Morgan fingerprint density at radius 2 is 1.76 bits per heavy atom. The van der Waals surface area contributed by atoms with Gasteiger partial charge in [0.25, 0.3) is 15.7 Å². The summed E-state index contributed by atoms with van der Waals surface area (Å²) in [6.07, 6.45) is 1.41. The molecule has 4 aromatic rings. The van der Waals surface area contributed by atoms with E-state index < -0.39 is 37.7 Å². The van der Waals surface area contributed by atoms with Gasteiger partial charge in [0, 0.05) is 6.20 Å². The lowest BCUT2D eigenvalue weighted by molar-refractivity contribution is -0.0436. The summed E-state index contributed by atoms with van der Waals surface area (Å²) in [4.78, 5) is 28.7. The number of nitrogens with zero attached hydrogens (tertiary/aromatic N) is 3. The smallest absolute Gasteiger partial charge is 0.493 e. The second kappa shape index (κ2) is 9.99. The van der Waals surface area contributed by atoms with E-state index in [1.54, 1.807) is 30.3 Å². The summed E-state index contributed by atoms with van der Waals surface area (Å²) >= 11 is 6.05. The number of carbonyl (C=O) groups is 1. The van der Waals surface area contributed by atoms with Crippen LogP contribution in [0.3, 0.4) is 0 Å². The van der Waals surface area contributed by atoms with Crippen LogP contribution < -0.4 is 11.0 Å². The van der Waals surface area contributed by atoms with Crippen LogP contribution >= 0.6 is 11.6 Å². The van der Waals surface area contributed by atoms with Crippen molar-refractivity contribution in [2.45, 2.75) is 23.9 Å². The van der Waals surface area contributed by atoms with Crippen LogP contribution in [0.5, 0.6) is 5.88 Å². The van der Waals surface area contributed by atoms with Crippen molar-refractivity contribution in [3.05, 3.63) is 99.2 Å². The molecule has 0 radical (unpaired) electrons. The molecule has 0 aliphatic heterocycles. The van der Waals surface area contributed by atoms with Gasteiger partial charge in [-0.2, -0.15) is 13.2 Å². The average molecular weight is 567 g/mol. The summed E-state index contributed by atoms with van der Waals surface area (Å²) in [5, 5.41) is 13.4. The van der Waals surface area contributed by atoms with Gasteiger partial charge in [-0.15, -0.1) is 0 Å². The third-order valence-electron chi connectivity index (χ3n) is 5.60. The molecule has 14 heteroatoms. The SMILES string of the molecule is Cc1c(O)n(-c2ccc(S(=O)(=O)C(F)(F)F)cc2)c(=O)n1Cc1ccnc(NC(=O)c2ccccc2Cl)c1. The van der Waals surface area contributed by atoms with Crippen molar-refractivity contribution >= 4 is 33.2 Å². The number of carbonyl (C=O) groups excluding carboxylic acids is 1. The fraction of sp³-hybridized carbons (Fsp3) is 0.125. The van der Waals surface area contributed by atoms with Gasteiger partial charge in [-0.25, -0.2) is 22.8 Å². The van der Waals surface area contributed by atoms with Crippen molar-refractivity contribution < 1.29 is 31.5 Å². The number of benzene rings is 2. The van der Waals surface area contributed by atoms with Gasteiger partial charge in [0.15, 0.2) is 0 Å². The fourth-order valence-corrected chi connectivity index (χ4v) is 4.60. The molecule has 198 valence electrons. The monoisotopic (exact) mass is 566 g/mol. The Hall–Kier alpha value is -4.10. The van der Waals surface area contributed by atoms with E-state index in [0.29, 0.717) is 17.7 Å². The molecule has 2 N–H and O–H groups in total. The van der Waals surface area contributed by atoms with Crippen LogP contribution in [-0.4, -0.2) is 39.1 Å². The third kappa shape index (κ3) is 5.02. The number of nitrogens with one attached hydrogen (secondary N) is 1. The van der Waals surface area contributed by atoms with Crippen LogP contribution in [0.25, 0.3) is 5.69 Å². The molecule has 9 nitrogen and oxygen atoms in total. The largest absolute Gasteiger partial charge is 0.501 e. The zero-order valence-electron chi connectivity index (χ0n) is 19.4. The van der Waals surface area contributed by atoms with Gasteiger partial charge >= 0.3 is 11.2 Å². The number of halogens is 4. The third-order valence-corrected chi connectivity index (χ3v) is 7.43. The second-order valence-electron chi connectivity index (χ2n) is 8.04. The number of rotatable bonds is 6. The summed E-state index contributed by atoms with van der Waals surface area (Å²) in [5.74, 6) is -0.792. The first-order valence-corrected chi connectivity index (χ1v) is 12.6. The molecule has 38 heavy (non-hydrogen) atoms. The van der Waals surface area contributed by atoms with E-state index in [4.69, 9.17) is 11.6 Å². The molecule has 4 rings (SSSR count). The molecule has 0 saturated heterocycles. The number of anilines is 1. The molecule has 2 aromatic heterocycles. The molecular formula is C24H18ClF3N4O5S. The van der Waals surface area contributed by atoms with Crippen molar-refractivity contribution in [1.82, 2.24) is 14.1 Å². The molecule has 0 fully saturated rings. The molecule has 2 aromatic carbocycles. The Balaban J connectivity index is 1.61. The van der Waals surface area contributed by atoms with E-state index in [-0.39, 0.29) is 34.3 Å². The fourth-order valence-electron chi connectivity index (χ4n) is 3.62. The Morgan fingerprint density at radius 1 is 1.11 bits per heavy atom. The van der Waals surface area contributed by atoms with Gasteiger partial charge in [-0.05, 0) is 61.0 Å². The molecule has 0 aliphatic carbocycles. The number of aromatic nitrogens is 3. The molecular weight excluding hydrogens is 549 g/mol. The maximum absolute atomic E-state index is 13.1. The highest BCUT2D eigenvalue weighted by Crippen LogP contribution is 2.31. The summed E-state index contributed by atoms with van der Waals surface area (Å²) < 4.78 is 63.7. The van der Waals surface area contributed by atoms with E-state index in [1.807, 2.05) is 0 Å². The molecule has 1 amide bonds. The lowest BCUT2D eigenvalue weighted by Gasteiger charge is -2.09. The Kier molecular flexibility index (Phi) is 7.08. The first-order valence-electron chi connectivity index (χ1n) is 10.7. The minimum Gasteiger partial charge on any atom is -0.493 e. The number of aromatic hydroxyl groups is 1. The van der Waals surface area contributed by atoms with E-state index in [9.17, 15) is 36.3 Å². The van der Waals surface area contributed by atoms with Crippen molar-refractivity contribution in [3.8, 4) is 11.6 Å². The molecule has 0 unspecified atom stereocenters. The maximum atomic E-state index is 13.1. The van der Waals surface area contributed by atoms with E-state index in [2.05, 4.69) is 10.3 Å². The Bertz CT molecular complexity index is 1700. The van der Waals surface area contributed by atoms with Crippen LogP contribution in [0, 0.1) is 6.92 Å².